The van der Waals surface area contributed by atoms with Crippen molar-refractivity contribution in [1.29, 1.82) is 0 Å². The van der Waals surface area contributed by atoms with E-state index in [0.717, 1.165) is 25.7 Å². The van der Waals surface area contributed by atoms with Crippen LogP contribution in [0, 0.1) is 0 Å². The molecule has 0 fully saturated rings. The minimum atomic E-state index is -0.623. The Labute approximate surface area is 88.8 Å². The Hall–Kier alpha value is -1.45. The molecule has 0 aromatic carbocycles. The molecule has 15 heavy (non-hydrogen) atoms. The fraction of sp³-hybridized carbons (Fsp3) is 0.545. The molecule has 0 amide bonds. The van der Waals surface area contributed by atoms with Gasteiger partial charge in [-0.2, -0.15) is 0 Å². The summed E-state index contributed by atoms with van der Waals surface area (Å²) in [6, 6.07) is 0. The van der Waals surface area contributed by atoms with E-state index in [9.17, 15) is 4.79 Å². The lowest BCUT2D eigenvalue weighted by molar-refractivity contribution is 0.366. The number of aryl methyl sites for hydroxylation is 1. The highest BCUT2D eigenvalue weighted by molar-refractivity contribution is 5.07. The molecule has 0 bridgehead atoms. The quantitative estimate of drug-likeness (QED) is 0.730. The summed E-state index contributed by atoms with van der Waals surface area (Å²) in [4.78, 5) is 10.9. The lowest BCUT2D eigenvalue weighted by atomic mass is 10.1. The highest BCUT2D eigenvalue weighted by Gasteiger charge is 2.10. The molecule has 0 radical (unpaired) electrons. The number of rotatable bonds is 6. The predicted molar refractivity (Wildman–Crippen MR) is 57.5 cm³/mol. The van der Waals surface area contributed by atoms with E-state index in [1.165, 1.54) is 6.20 Å². The molecule has 1 aromatic heterocycles. The Kier molecular flexibility index (Phi) is 4.74. The molecule has 0 unspecified atom stereocenters. The zero-order chi connectivity index (χ0) is 11.1. The topological polar surface area (TPSA) is 69.4 Å². The third-order valence-corrected chi connectivity index (χ3v) is 2.17. The lowest BCUT2D eigenvalue weighted by Gasteiger charge is -1.96. The van der Waals surface area contributed by atoms with Gasteiger partial charge in [-0.05, 0) is 12.6 Å². The van der Waals surface area contributed by atoms with Gasteiger partial charge < -0.3 is 14.6 Å². The van der Waals surface area contributed by atoms with Crippen molar-refractivity contribution in [1.82, 2.24) is 0 Å². The molecule has 0 aliphatic rings. The molecule has 0 saturated heterocycles. The highest BCUT2D eigenvalue weighted by Crippen LogP contribution is 2.12. The summed E-state index contributed by atoms with van der Waals surface area (Å²) in [6.45, 7) is 2.13. The number of nitrogens with two attached hydrogens (primary N) is 1. The first-order valence-corrected chi connectivity index (χ1v) is 5.26. The Balaban J connectivity index is 2.63. The number of unbranched alkanes of at least 4 members (excludes halogenated alkanes) is 2. The average molecular weight is 211 g/mol. The number of hydrogen-bond acceptors (Lipinski definition) is 4. The largest absolute Gasteiger partial charge is 0.519 e. The van der Waals surface area contributed by atoms with Crippen LogP contribution < -0.4 is 11.6 Å². The zero-order valence-electron chi connectivity index (χ0n) is 8.99. The van der Waals surface area contributed by atoms with E-state index in [-0.39, 0.29) is 0 Å². The predicted octanol–water partition coefficient (Wildman–Crippen LogP) is 1.98. The Morgan fingerprint density at radius 2 is 2.00 bits per heavy atom. The van der Waals surface area contributed by atoms with E-state index in [1.54, 1.807) is 6.08 Å². The van der Waals surface area contributed by atoms with Crippen LogP contribution in [0.5, 0.6) is 0 Å². The standard InChI is InChI=1S/C11H17NO3/c1-2-3-4-6-9-10(7-5-8-12)15-11(13)14-9/h5,8H,2-4,6-7,12H2,1H3. The van der Waals surface area contributed by atoms with E-state index >= 15 is 0 Å². The maximum atomic E-state index is 10.9. The first kappa shape index (κ1) is 11.6. The van der Waals surface area contributed by atoms with Gasteiger partial charge in [0.15, 0.2) is 5.76 Å². The highest BCUT2D eigenvalue weighted by atomic mass is 16.6. The monoisotopic (exact) mass is 211 g/mol. The van der Waals surface area contributed by atoms with Gasteiger partial charge in [0.05, 0.1) is 0 Å². The first-order valence-electron chi connectivity index (χ1n) is 5.26. The fourth-order valence-corrected chi connectivity index (χ4v) is 1.39. The van der Waals surface area contributed by atoms with Crippen molar-refractivity contribution in [3.8, 4) is 0 Å². The minimum absolute atomic E-state index is 0.518. The van der Waals surface area contributed by atoms with Crippen LogP contribution in [0.2, 0.25) is 0 Å². The molecule has 0 spiro atoms. The van der Waals surface area contributed by atoms with Gasteiger partial charge in [-0.1, -0.05) is 25.8 Å². The molecule has 1 rings (SSSR count). The van der Waals surface area contributed by atoms with Crippen LogP contribution in [-0.2, 0) is 12.8 Å². The maximum absolute atomic E-state index is 10.9. The van der Waals surface area contributed by atoms with Gasteiger partial charge in [0.1, 0.15) is 5.76 Å². The van der Waals surface area contributed by atoms with Crippen LogP contribution in [0.15, 0.2) is 25.9 Å². The van der Waals surface area contributed by atoms with Gasteiger partial charge in [0, 0.05) is 12.8 Å². The van der Waals surface area contributed by atoms with E-state index in [1.807, 2.05) is 0 Å². The lowest BCUT2D eigenvalue weighted by Crippen LogP contribution is -1.89. The summed E-state index contributed by atoms with van der Waals surface area (Å²) in [7, 11) is 0. The van der Waals surface area contributed by atoms with Gasteiger partial charge in [0.25, 0.3) is 0 Å². The van der Waals surface area contributed by atoms with Crippen molar-refractivity contribution < 1.29 is 8.83 Å². The second-order valence-corrected chi connectivity index (χ2v) is 3.39. The molecular weight excluding hydrogens is 194 g/mol. The van der Waals surface area contributed by atoms with Crippen molar-refractivity contribution >= 4 is 0 Å². The molecule has 1 heterocycles. The number of hydrogen-bond donors (Lipinski definition) is 1. The van der Waals surface area contributed by atoms with Crippen molar-refractivity contribution in [2.75, 3.05) is 0 Å². The van der Waals surface area contributed by atoms with E-state index in [2.05, 4.69) is 6.92 Å². The maximum Gasteiger partial charge on any atom is 0.519 e. The molecule has 0 saturated carbocycles. The molecule has 2 N–H and O–H groups in total. The summed E-state index contributed by atoms with van der Waals surface area (Å²) in [5.74, 6) is 0.631. The van der Waals surface area contributed by atoms with Gasteiger partial charge in [-0.25, -0.2) is 4.79 Å². The summed E-state index contributed by atoms with van der Waals surface area (Å²) in [6.07, 6.45) is 7.72. The van der Waals surface area contributed by atoms with Gasteiger partial charge >= 0.3 is 5.82 Å². The van der Waals surface area contributed by atoms with E-state index in [0.29, 0.717) is 17.9 Å². The third kappa shape index (κ3) is 3.65. The van der Waals surface area contributed by atoms with Gasteiger partial charge in [-0.3, -0.25) is 0 Å². The second-order valence-electron chi connectivity index (χ2n) is 3.39. The molecule has 4 heteroatoms. The number of allylic oxidation sites excluding steroid dienone is 1. The SMILES string of the molecule is CCCCCc1oc(=O)oc1CC=CN. The van der Waals surface area contributed by atoms with Crippen LogP contribution in [0.25, 0.3) is 0 Å². The van der Waals surface area contributed by atoms with E-state index < -0.39 is 5.82 Å². The first-order chi connectivity index (χ1) is 7.27. The second kappa shape index (κ2) is 6.11. The summed E-state index contributed by atoms with van der Waals surface area (Å²) >= 11 is 0. The Morgan fingerprint density at radius 3 is 2.67 bits per heavy atom. The fourth-order valence-electron chi connectivity index (χ4n) is 1.39. The molecule has 1 aromatic rings. The van der Waals surface area contributed by atoms with Crippen LogP contribution in [-0.4, -0.2) is 0 Å². The molecule has 0 aliphatic carbocycles. The normalized spacial score (nSPS) is 11.3. The third-order valence-electron chi connectivity index (χ3n) is 2.17. The van der Waals surface area contributed by atoms with Gasteiger partial charge in [0.2, 0.25) is 0 Å². The Bertz CT molecular complexity index is 362. The van der Waals surface area contributed by atoms with Gasteiger partial charge in [-0.15, -0.1) is 0 Å². The summed E-state index contributed by atoms with van der Waals surface area (Å²) < 4.78 is 9.88. The van der Waals surface area contributed by atoms with Crippen molar-refractivity contribution in [3.05, 3.63) is 34.4 Å². The average Bonchev–Trinajstić information content (AvgIpc) is 2.56. The van der Waals surface area contributed by atoms with Crippen molar-refractivity contribution in [2.24, 2.45) is 5.73 Å². The Morgan fingerprint density at radius 1 is 1.27 bits per heavy atom. The van der Waals surface area contributed by atoms with Crippen LogP contribution in [0.3, 0.4) is 0 Å². The zero-order valence-corrected chi connectivity index (χ0v) is 8.99. The molecule has 0 aliphatic heterocycles. The smallest absolute Gasteiger partial charge is 0.405 e. The molecule has 0 atom stereocenters. The minimum Gasteiger partial charge on any atom is -0.405 e. The molecular formula is C11H17NO3. The van der Waals surface area contributed by atoms with E-state index in [4.69, 9.17) is 14.6 Å². The van der Waals surface area contributed by atoms with Crippen molar-refractivity contribution in [2.45, 2.75) is 39.0 Å². The molecule has 4 nitrogen and oxygen atoms in total. The van der Waals surface area contributed by atoms with Crippen LogP contribution in [0.4, 0.5) is 0 Å². The van der Waals surface area contributed by atoms with Crippen LogP contribution in [0.1, 0.15) is 37.7 Å². The van der Waals surface area contributed by atoms with Crippen molar-refractivity contribution in [3.63, 3.8) is 0 Å². The summed E-state index contributed by atoms with van der Waals surface area (Å²) in [5.41, 5.74) is 5.22. The van der Waals surface area contributed by atoms with Crippen LogP contribution >= 0.6 is 0 Å². The molecule has 84 valence electrons. The summed E-state index contributed by atoms with van der Waals surface area (Å²) in [5, 5.41) is 0.